The lowest BCUT2D eigenvalue weighted by atomic mass is 10.0. The monoisotopic (exact) mass is 257 g/mol. The summed E-state index contributed by atoms with van der Waals surface area (Å²) >= 11 is 0. The highest BCUT2D eigenvalue weighted by atomic mass is 35.5. The SMILES string of the molecule is CC(C)/C=C1\CCC(CN2CCCC2)C1=O.Cl. The van der Waals surface area contributed by atoms with E-state index in [-0.39, 0.29) is 12.4 Å². The summed E-state index contributed by atoms with van der Waals surface area (Å²) in [7, 11) is 0. The standard InChI is InChI=1S/C14H23NO.ClH/c1-11(2)9-12-5-6-13(14(12)16)10-15-7-3-4-8-15;/h9,11,13H,3-8,10H2,1-2H3;1H/b12-9+;. The molecule has 0 bridgehead atoms. The number of rotatable bonds is 3. The predicted molar refractivity (Wildman–Crippen MR) is 73.6 cm³/mol. The molecule has 1 atom stereocenters. The molecule has 0 amide bonds. The Morgan fingerprint density at radius 3 is 2.59 bits per heavy atom. The van der Waals surface area contributed by atoms with Crippen molar-refractivity contribution in [3.8, 4) is 0 Å². The summed E-state index contributed by atoms with van der Waals surface area (Å²) in [6.45, 7) is 7.70. The number of hydrogen-bond donors (Lipinski definition) is 0. The molecule has 0 N–H and O–H groups in total. The quantitative estimate of drug-likeness (QED) is 0.725. The summed E-state index contributed by atoms with van der Waals surface area (Å²) < 4.78 is 0. The molecule has 0 aromatic heterocycles. The summed E-state index contributed by atoms with van der Waals surface area (Å²) in [5.41, 5.74) is 1.10. The van der Waals surface area contributed by atoms with Gasteiger partial charge in [-0.05, 0) is 50.3 Å². The summed E-state index contributed by atoms with van der Waals surface area (Å²) in [6.07, 6.45) is 6.88. The highest BCUT2D eigenvalue weighted by Gasteiger charge is 2.31. The number of carbonyl (C=O) groups excluding carboxylic acids is 1. The molecule has 2 fully saturated rings. The molecule has 2 nitrogen and oxygen atoms in total. The van der Waals surface area contributed by atoms with Crippen LogP contribution in [0.5, 0.6) is 0 Å². The highest BCUT2D eigenvalue weighted by molar-refractivity contribution is 5.99. The molecule has 2 aliphatic rings. The fraction of sp³-hybridized carbons (Fsp3) is 0.786. The first-order chi connectivity index (χ1) is 7.66. The smallest absolute Gasteiger partial charge is 0.162 e. The van der Waals surface area contributed by atoms with Gasteiger partial charge in [-0.25, -0.2) is 0 Å². The third-order valence-electron chi connectivity index (χ3n) is 3.66. The second kappa shape index (κ2) is 6.55. The Hall–Kier alpha value is -0.340. The number of allylic oxidation sites excluding steroid dienone is 2. The van der Waals surface area contributed by atoms with Crippen LogP contribution in [0.25, 0.3) is 0 Å². The van der Waals surface area contributed by atoms with E-state index >= 15 is 0 Å². The lowest BCUT2D eigenvalue weighted by molar-refractivity contribution is -0.118. The van der Waals surface area contributed by atoms with Crippen LogP contribution in [-0.4, -0.2) is 30.3 Å². The van der Waals surface area contributed by atoms with E-state index < -0.39 is 0 Å². The van der Waals surface area contributed by atoms with E-state index in [0.717, 1.165) is 25.0 Å². The van der Waals surface area contributed by atoms with Gasteiger partial charge in [-0.3, -0.25) is 4.79 Å². The summed E-state index contributed by atoms with van der Waals surface area (Å²) in [4.78, 5) is 14.6. The van der Waals surface area contributed by atoms with Crippen molar-refractivity contribution in [1.82, 2.24) is 4.90 Å². The van der Waals surface area contributed by atoms with Crippen LogP contribution >= 0.6 is 12.4 Å². The van der Waals surface area contributed by atoms with Crippen molar-refractivity contribution < 1.29 is 4.79 Å². The minimum Gasteiger partial charge on any atom is -0.303 e. The first kappa shape index (κ1) is 14.7. The molecule has 1 aliphatic heterocycles. The van der Waals surface area contributed by atoms with E-state index in [1.54, 1.807) is 0 Å². The molecule has 1 aliphatic carbocycles. The fourth-order valence-corrected chi connectivity index (χ4v) is 2.87. The largest absolute Gasteiger partial charge is 0.303 e. The van der Waals surface area contributed by atoms with E-state index in [0.29, 0.717) is 17.6 Å². The molecular formula is C14H24ClNO. The number of carbonyl (C=O) groups is 1. The van der Waals surface area contributed by atoms with Gasteiger partial charge in [0.1, 0.15) is 0 Å². The number of halogens is 1. The fourth-order valence-electron chi connectivity index (χ4n) is 2.87. The summed E-state index contributed by atoms with van der Waals surface area (Å²) in [5.74, 6) is 1.23. The average Bonchev–Trinajstić information content (AvgIpc) is 2.82. The van der Waals surface area contributed by atoms with Crippen molar-refractivity contribution in [1.29, 1.82) is 0 Å². The van der Waals surface area contributed by atoms with E-state index in [1.807, 2.05) is 0 Å². The van der Waals surface area contributed by atoms with E-state index in [1.165, 1.54) is 25.9 Å². The molecule has 1 unspecified atom stereocenters. The third-order valence-corrected chi connectivity index (χ3v) is 3.66. The minimum absolute atomic E-state index is 0. The van der Waals surface area contributed by atoms with Crippen LogP contribution in [-0.2, 0) is 4.79 Å². The molecule has 1 saturated carbocycles. The molecular weight excluding hydrogens is 234 g/mol. The van der Waals surface area contributed by atoms with Gasteiger partial charge < -0.3 is 4.90 Å². The van der Waals surface area contributed by atoms with Gasteiger partial charge in [-0.1, -0.05) is 19.9 Å². The van der Waals surface area contributed by atoms with Crippen molar-refractivity contribution >= 4 is 18.2 Å². The maximum absolute atomic E-state index is 12.1. The number of likely N-dealkylation sites (tertiary alicyclic amines) is 1. The Morgan fingerprint density at radius 2 is 2.00 bits per heavy atom. The molecule has 0 aromatic carbocycles. The Labute approximate surface area is 111 Å². The van der Waals surface area contributed by atoms with Crippen LogP contribution < -0.4 is 0 Å². The van der Waals surface area contributed by atoms with Gasteiger partial charge in [0.05, 0.1) is 0 Å². The molecule has 2 rings (SSSR count). The van der Waals surface area contributed by atoms with E-state index in [9.17, 15) is 4.79 Å². The van der Waals surface area contributed by atoms with Crippen molar-refractivity contribution in [2.24, 2.45) is 11.8 Å². The summed E-state index contributed by atoms with van der Waals surface area (Å²) in [6, 6.07) is 0. The van der Waals surface area contributed by atoms with Crippen LogP contribution in [0, 0.1) is 11.8 Å². The van der Waals surface area contributed by atoms with Gasteiger partial charge >= 0.3 is 0 Å². The van der Waals surface area contributed by atoms with Gasteiger partial charge in [0.15, 0.2) is 5.78 Å². The number of hydrogen-bond acceptors (Lipinski definition) is 2. The Bertz CT molecular complexity index is 293. The Kier molecular flexibility index (Phi) is 5.68. The van der Waals surface area contributed by atoms with Gasteiger partial charge in [-0.15, -0.1) is 12.4 Å². The van der Waals surface area contributed by atoms with Crippen molar-refractivity contribution in [3.63, 3.8) is 0 Å². The van der Waals surface area contributed by atoms with Crippen molar-refractivity contribution in [2.45, 2.75) is 39.5 Å². The van der Waals surface area contributed by atoms with Gasteiger partial charge in [0.25, 0.3) is 0 Å². The number of Topliss-reactive ketones (excluding diaryl/α,β-unsaturated/α-hetero) is 1. The number of ketones is 1. The average molecular weight is 258 g/mol. The topological polar surface area (TPSA) is 20.3 Å². The maximum atomic E-state index is 12.1. The van der Waals surface area contributed by atoms with Crippen LogP contribution in [0.15, 0.2) is 11.6 Å². The molecule has 1 heterocycles. The predicted octanol–water partition coefficient (Wildman–Crippen LogP) is 3.07. The van der Waals surface area contributed by atoms with Gasteiger partial charge in [-0.2, -0.15) is 0 Å². The zero-order valence-corrected chi connectivity index (χ0v) is 11.8. The van der Waals surface area contributed by atoms with Crippen molar-refractivity contribution in [3.05, 3.63) is 11.6 Å². The molecule has 17 heavy (non-hydrogen) atoms. The summed E-state index contributed by atoms with van der Waals surface area (Å²) in [5, 5.41) is 0. The highest BCUT2D eigenvalue weighted by Crippen LogP contribution is 2.29. The Morgan fingerprint density at radius 1 is 1.35 bits per heavy atom. The zero-order chi connectivity index (χ0) is 11.5. The first-order valence-electron chi connectivity index (χ1n) is 6.64. The van der Waals surface area contributed by atoms with Crippen LogP contribution in [0.2, 0.25) is 0 Å². The Balaban J connectivity index is 0.00000144. The normalized spacial score (nSPS) is 28.1. The third kappa shape index (κ3) is 3.82. The minimum atomic E-state index is 0. The lowest BCUT2D eigenvalue weighted by Crippen LogP contribution is -2.28. The molecule has 0 spiro atoms. The molecule has 0 aromatic rings. The number of nitrogens with zero attached hydrogens (tertiary/aromatic N) is 1. The van der Waals surface area contributed by atoms with Gasteiger partial charge in [0, 0.05) is 12.5 Å². The zero-order valence-electron chi connectivity index (χ0n) is 10.9. The first-order valence-corrected chi connectivity index (χ1v) is 6.64. The maximum Gasteiger partial charge on any atom is 0.162 e. The lowest BCUT2D eigenvalue weighted by Gasteiger charge is -2.18. The van der Waals surface area contributed by atoms with Gasteiger partial charge in [0.2, 0.25) is 0 Å². The molecule has 1 saturated heterocycles. The van der Waals surface area contributed by atoms with Crippen LogP contribution in [0.1, 0.15) is 39.5 Å². The van der Waals surface area contributed by atoms with E-state index in [2.05, 4.69) is 24.8 Å². The molecule has 98 valence electrons. The van der Waals surface area contributed by atoms with Crippen LogP contribution in [0.3, 0.4) is 0 Å². The molecule has 3 heteroatoms. The second-order valence-electron chi connectivity index (χ2n) is 5.54. The van der Waals surface area contributed by atoms with Crippen molar-refractivity contribution in [2.75, 3.05) is 19.6 Å². The molecule has 0 radical (unpaired) electrons. The van der Waals surface area contributed by atoms with Crippen LogP contribution in [0.4, 0.5) is 0 Å². The van der Waals surface area contributed by atoms with E-state index in [4.69, 9.17) is 0 Å². The second-order valence-corrected chi connectivity index (χ2v) is 5.54.